The van der Waals surface area contributed by atoms with Gasteiger partial charge in [0, 0.05) is 6.61 Å². The van der Waals surface area contributed by atoms with Crippen LogP contribution >= 0.6 is 0 Å². The number of hydrogen-bond acceptors (Lipinski definition) is 7. The number of unbranched alkanes of at least 4 members (excludes halogenated alkanes) is 5. The summed E-state index contributed by atoms with van der Waals surface area (Å²) in [5.74, 6) is 0. The van der Waals surface area contributed by atoms with Gasteiger partial charge >= 0.3 is 0 Å². The fraction of sp³-hybridized carbons (Fsp3) is 1.00. The number of hydrogen-bond donors (Lipinski definition) is 0. The summed E-state index contributed by atoms with van der Waals surface area (Å²) in [7, 11) is 0. The first kappa shape index (κ1) is 29.7. The van der Waals surface area contributed by atoms with Gasteiger partial charge in [0.15, 0.2) is 0 Å². The lowest BCUT2D eigenvalue weighted by molar-refractivity contribution is -0.0208. The van der Waals surface area contributed by atoms with E-state index in [1.54, 1.807) is 0 Å². The Kier molecular flexibility index (Phi) is 28.3. The summed E-state index contributed by atoms with van der Waals surface area (Å²) in [4.78, 5) is 0. The van der Waals surface area contributed by atoms with Crippen LogP contribution in [0.3, 0.4) is 0 Å². The van der Waals surface area contributed by atoms with E-state index < -0.39 is 6.67 Å². The van der Waals surface area contributed by atoms with Crippen molar-refractivity contribution >= 4 is 0 Å². The minimum atomic E-state index is -0.462. The van der Waals surface area contributed by atoms with Gasteiger partial charge in [-0.25, -0.2) is 4.39 Å². The molecule has 0 unspecified atom stereocenters. The third kappa shape index (κ3) is 27.6. The van der Waals surface area contributed by atoms with Crippen molar-refractivity contribution in [3.63, 3.8) is 0 Å². The topological polar surface area (TPSA) is 64.6 Å². The number of rotatable bonds is 27. The maximum absolute atomic E-state index is 11.8. The van der Waals surface area contributed by atoms with Gasteiger partial charge in [-0.3, -0.25) is 0 Å². The van der Waals surface area contributed by atoms with E-state index in [2.05, 4.69) is 6.92 Å². The molecule has 0 aromatic carbocycles. The summed E-state index contributed by atoms with van der Waals surface area (Å²) in [6.07, 6.45) is 7.70. The molecule has 0 saturated carbocycles. The molecule has 0 amide bonds. The molecule has 0 aliphatic carbocycles. The van der Waals surface area contributed by atoms with Gasteiger partial charge in [0.2, 0.25) is 0 Å². The second-order valence-corrected chi connectivity index (χ2v) is 6.74. The van der Waals surface area contributed by atoms with Gasteiger partial charge in [-0.1, -0.05) is 39.0 Å². The first-order valence-electron chi connectivity index (χ1n) is 11.5. The van der Waals surface area contributed by atoms with E-state index in [4.69, 9.17) is 33.2 Å². The Morgan fingerprint density at radius 2 is 0.667 bits per heavy atom. The zero-order chi connectivity index (χ0) is 21.8. The number of ether oxygens (including phenoxy) is 7. The third-order valence-corrected chi connectivity index (χ3v) is 4.10. The molecule has 0 atom stereocenters. The van der Waals surface area contributed by atoms with Crippen LogP contribution in [0.15, 0.2) is 0 Å². The Morgan fingerprint density at radius 1 is 0.367 bits per heavy atom. The lowest BCUT2D eigenvalue weighted by atomic mass is 10.1. The highest BCUT2D eigenvalue weighted by atomic mass is 19.1. The summed E-state index contributed by atoms with van der Waals surface area (Å²) < 4.78 is 49.2. The molecule has 0 aromatic heterocycles. The quantitative estimate of drug-likeness (QED) is 0.181. The van der Waals surface area contributed by atoms with Crippen LogP contribution in [-0.2, 0) is 33.2 Å². The maximum Gasteiger partial charge on any atom is 0.113 e. The largest absolute Gasteiger partial charge is 0.379 e. The van der Waals surface area contributed by atoms with Crippen LogP contribution in [0.5, 0.6) is 0 Å². The van der Waals surface area contributed by atoms with Gasteiger partial charge in [0.1, 0.15) is 6.67 Å². The second kappa shape index (κ2) is 28.6. The van der Waals surface area contributed by atoms with Crippen LogP contribution in [0.4, 0.5) is 4.39 Å². The van der Waals surface area contributed by atoms with Crippen molar-refractivity contribution in [3.05, 3.63) is 0 Å². The molecule has 0 saturated heterocycles. The van der Waals surface area contributed by atoms with E-state index in [0.717, 1.165) is 13.0 Å². The van der Waals surface area contributed by atoms with Crippen LogP contribution in [-0.4, -0.2) is 99.2 Å². The minimum absolute atomic E-state index is 0.127. The molecule has 0 aliphatic rings. The number of alkyl halides is 1. The molecule has 0 aliphatic heterocycles. The molecule has 0 N–H and O–H groups in total. The first-order chi connectivity index (χ1) is 14.9. The standard InChI is InChI=1S/C22H45FO7/c1-2-3-4-5-6-7-9-24-11-13-26-15-17-28-19-21-30-22-20-29-18-16-27-14-12-25-10-8-23/h2-22H2,1H3. The van der Waals surface area contributed by atoms with Gasteiger partial charge in [-0.05, 0) is 6.42 Å². The van der Waals surface area contributed by atoms with Crippen molar-refractivity contribution < 1.29 is 37.5 Å². The van der Waals surface area contributed by atoms with Gasteiger partial charge in [0.25, 0.3) is 0 Å². The molecule has 0 bridgehead atoms. The van der Waals surface area contributed by atoms with Gasteiger partial charge in [0.05, 0.1) is 85.9 Å². The van der Waals surface area contributed by atoms with Gasteiger partial charge in [-0.15, -0.1) is 0 Å². The van der Waals surface area contributed by atoms with E-state index in [-0.39, 0.29) is 6.61 Å². The molecule has 0 aromatic rings. The number of halogens is 1. The molecule has 30 heavy (non-hydrogen) atoms. The molecule has 182 valence electrons. The average molecular weight is 441 g/mol. The predicted molar refractivity (Wildman–Crippen MR) is 115 cm³/mol. The Balaban J connectivity index is 2.97. The maximum atomic E-state index is 11.8. The Morgan fingerprint density at radius 3 is 1.03 bits per heavy atom. The van der Waals surface area contributed by atoms with Gasteiger partial charge in [-0.2, -0.15) is 0 Å². The highest BCUT2D eigenvalue weighted by Gasteiger charge is 1.95. The average Bonchev–Trinajstić information content (AvgIpc) is 2.76. The van der Waals surface area contributed by atoms with Crippen LogP contribution in [0.1, 0.15) is 45.4 Å². The molecular formula is C22H45FO7. The molecule has 0 fully saturated rings. The fourth-order valence-corrected chi connectivity index (χ4v) is 2.46. The highest BCUT2D eigenvalue weighted by molar-refractivity contribution is 4.43. The highest BCUT2D eigenvalue weighted by Crippen LogP contribution is 2.04. The van der Waals surface area contributed by atoms with Crippen LogP contribution < -0.4 is 0 Å². The molecule has 0 spiro atoms. The van der Waals surface area contributed by atoms with Crippen molar-refractivity contribution in [2.24, 2.45) is 0 Å². The predicted octanol–water partition coefficient (Wildman–Crippen LogP) is 3.43. The van der Waals surface area contributed by atoms with Crippen LogP contribution in [0.25, 0.3) is 0 Å². The Bertz CT molecular complexity index is 271. The van der Waals surface area contributed by atoms with E-state index in [9.17, 15) is 4.39 Å². The Labute approximate surface area is 182 Å². The molecule has 0 heterocycles. The van der Waals surface area contributed by atoms with Gasteiger partial charge < -0.3 is 33.2 Å². The summed E-state index contributed by atoms with van der Waals surface area (Å²) in [6, 6.07) is 0. The van der Waals surface area contributed by atoms with E-state index in [1.807, 2.05) is 0 Å². The fourth-order valence-electron chi connectivity index (χ4n) is 2.46. The smallest absolute Gasteiger partial charge is 0.113 e. The normalized spacial score (nSPS) is 11.4. The van der Waals surface area contributed by atoms with Crippen molar-refractivity contribution in [3.8, 4) is 0 Å². The molecule has 0 rings (SSSR count). The summed E-state index contributed by atoms with van der Waals surface area (Å²) in [5, 5.41) is 0. The Hall–Kier alpha value is -0.350. The summed E-state index contributed by atoms with van der Waals surface area (Å²) in [5.41, 5.74) is 0. The lowest BCUT2D eigenvalue weighted by Gasteiger charge is -2.08. The molecule has 7 nitrogen and oxygen atoms in total. The monoisotopic (exact) mass is 440 g/mol. The van der Waals surface area contributed by atoms with Crippen molar-refractivity contribution in [2.75, 3.05) is 99.2 Å². The van der Waals surface area contributed by atoms with E-state index in [0.29, 0.717) is 79.3 Å². The second-order valence-electron chi connectivity index (χ2n) is 6.74. The third-order valence-electron chi connectivity index (χ3n) is 4.10. The van der Waals surface area contributed by atoms with Crippen LogP contribution in [0.2, 0.25) is 0 Å². The van der Waals surface area contributed by atoms with Crippen molar-refractivity contribution in [2.45, 2.75) is 45.4 Å². The zero-order valence-electron chi connectivity index (χ0n) is 19.1. The molecule has 8 heteroatoms. The SMILES string of the molecule is CCCCCCCCOCCOCCOCCOCCOCCOCCOCCF. The molecule has 0 radical (unpaired) electrons. The minimum Gasteiger partial charge on any atom is -0.379 e. The molecular weight excluding hydrogens is 395 g/mol. The van der Waals surface area contributed by atoms with E-state index in [1.165, 1.54) is 32.1 Å². The lowest BCUT2D eigenvalue weighted by Crippen LogP contribution is -2.14. The van der Waals surface area contributed by atoms with E-state index >= 15 is 0 Å². The van der Waals surface area contributed by atoms with Crippen molar-refractivity contribution in [1.29, 1.82) is 0 Å². The first-order valence-corrected chi connectivity index (χ1v) is 11.5. The van der Waals surface area contributed by atoms with Crippen molar-refractivity contribution in [1.82, 2.24) is 0 Å². The zero-order valence-corrected chi connectivity index (χ0v) is 19.1. The summed E-state index contributed by atoms with van der Waals surface area (Å²) >= 11 is 0. The summed E-state index contributed by atoms with van der Waals surface area (Å²) in [6.45, 7) is 9.09. The van der Waals surface area contributed by atoms with Crippen LogP contribution in [0, 0.1) is 0 Å².